The number of hydrogen-bond donors (Lipinski definition) is 1. The van der Waals surface area contributed by atoms with Crippen molar-refractivity contribution in [1.82, 2.24) is 0 Å². The molecule has 19 heavy (non-hydrogen) atoms. The Labute approximate surface area is 121 Å². The van der Waals surface area contributed by atoms with Crippen molar-refractivity contribution in [3.05, 3.63) is 29.8 Å². The lowest BCUT2D eigenvalue weighted by Gasteiger charge is -2.09. The Kier molecular flexibility index (Phi) is 8.31. The number of para-hydroxylation sites is 1. The van der Waals surface area contributed by atoms with E-state index in [0.29, 0.717) is 12.3 Å². The summed E-state index contributed by atoms with van der Waals surface area (Å²) in [6, 6.07) is 7.68. The van der Waals surface area contributed by atoms with Crippen molar-refractivity contribution in [2.45, 2.75) is 57.7 Å². The molecule has 0 heterocycles. The lowest BCUT2D eigenvalue weighted by atomic mass is 10.1. The summed E-state index contributed by atoms with van der Waals surface area (Å²) >= 11 is 5.84. The number of amides is 1. The molecule has 0 aromatic heterocycles. The summed E-state index contributed by atoms with van der Waals surface area (Å²) < 4.78 is 0. The van der Waals surface area contributed by atoms with Gasteiger partial charge in [0, 0.05) is 18.0 Å². The first kappa shape index (κ1) is 16.0. The number of alkyl halides is 1. The topological polar surface area (TPSA) is 29.1 Å². The first-order chi connectivity index (χ1) is 9.27. The minimum absolute atomic E-state index is 0.0908. The molecule has 1 aromatic carbocycles. The van der Waals surface area contributed by atoms with Gasteiger partial charge < -0.3 is 5.32 Å². The van der Waals surface area contributed by atoms with Gasteiger partial charge >= 0.3 is 0 Å². The van der Waals surface area contributed by atoms with Crippen LogP contribution in [0.5, 0.6) is 0 Å². The molecule has 0 unspecified atom stereocenters. The third-order valence-electron chi connectivity index (χ3n) is 3.19. The number of anilines is 1. The highest BCUT2D eigenvalue weighted by atomic mass is 35.5. The molecule has 3 heteroatoms. The van der Waals surface area contributed by atoms with Gasteiger partial charge in [0.05, 0.1) is 0 Å². The molecule has 1 N–H and O–H groups in total. The number of nitrogens with one attached hydrogen (secondary N) is 1. The van der Waals surface area contributed by atoms with Crippen LogP contribution in [0.15, 0.2) is 24.3 Å². The number of halogens is 1. The average Bonchev–Trinajstić information content (AvgIpc) is 2.43. The van der Waals surface area contributed by atoms with E-state index in [1.54, 1.807) is 0 Å². The third-order valence-corrected chi connectivity index (χ3v) is 3.48. The maximum atomic E-state index is 11.8. The van der Waals surface area contributed by atoms with E-state index in [-0.39, 0.29) is 5.91 Å². The zero-order valence-corrected chi connectivity index (χ0v) is 12.5. The number of hydrogen-bond acceptors (Lipinski definition) is 1. The summed E-state index contributed by atoms with van der Waals surface area (Å²) in [6.07, 6.45) is 7.80. The molecular weight excluding hydrogens is 258 g/mol. The van der Waals surface area contributed by atoms with Gasteiger partial charge in [0.25, 0.3) is 0 Å². The van der Waals surface area contributed by atoms with E-state index in [9.17, 15) is 4.79 Å². The number of carbonyl (C=O) groups excluding carboxylic acids is 1. The van der Waals surface area contributed by atoms with Gasteiger partial charge in [-0.25, -0.2) is 0 Å². The second-order valence-electron chi connectivity index (χ2n) is 4.86. The number of unbranched alkanes of at least 4 members (excludes halogenated alkanes) is 5. The van der Waals surface area contributed by atoms with Crippen molar-refractivity contribution < 1.29 is 4.79 Å². The van der Waals surface area contributed by atoms with Gasteiger partial charge in [0.15, 0.2) is 0 Å². The fraction of sp³-hybridized carbons (Fsp3) is 0.562. The number of benzene rings is 1. The quantitative estimate of drug-likeness (QED) is 0.494. The van der Waals surface area contributed by atoms with Gasteiger partial charge in [-0.05, 0) is 18.1 Å². The maximum absolute atomic E-state index is 11.8. The average molecular weight is 282 g/mol. The van der Waals surface area contributed by atoms with E-state index in [0.717, 1.165) is 24.1 Å². The van der Waals surface area contributed by atoms with Gasteiger partial charge in [0.2, 0.25) is 5.91 Å². The Morgan fingerprint density at radius 3 is 2.53 bits per heavy atom. The highest BCUT2D eigenvalue weighted by molar-refractivity contribution is 6.17. The van der Waals surface area contributed by atoms with Crippen LogP contribution in [0.25, 0.3) is 0 Å². The summed E-state index contributed by atoms with van der Waals surface area (Å²) in [6.45, 7) is 2.21. The molecule has 0 saturated heterocycles. The van der Waals surface area contributed by atoms with Crippen molar-refractivity contribution in [1.29, 1.82) is 0 Å². The molecule has 0 atom stereocenters. The van der Waals surface area contributed by atoms with Gasteiger partial charge in [-0.3, -0.25) is 4.79 Å². The molecule has 1 rings (SSSR count). The lowest BCUT2D eigenvalue weighted by molar-refractivity contribution is -0.116. The van der Waals surface area contributed by atoms with E-state index in [1.807, 2.05) is 24.3 Å². The molecule has 2 nitrogen and oxygen atoms in total. The van der Waals surface area contributed by atoms with E-state index in [1.165, 1.54) is 25.7 Å². The van der Waals surface area contributed by atoms with Crippen LogP contribution < -0.4 is 5.32 Å². The molecule has 0 bridgehead atoms. The van der Waals surface area contributed by atoms with E-state index in [2.05, 4.69) is 12.2 Å². The predicted octanol–water partition coefficient (Wildman–Crippen LogP) is 5.11. The van der Waals surface area contributed by atoms with Crippen molar-refractivity contribution in [2.75, 3.05) is 5.32 Å². The monoisotopic (exact) mass is 281 g/mol. The second-order valence-corrected chi connectivity index (χ2v) is 5.12. The molecule has 0 radical (unpaired) electrons. The molecule has 1 aromatic rings. The Morgan fingerprint density at radius 1 is 1.11 bits per heavy atom. The van der Waals surface area contributed by atoms with Gasteiger partial charge in [0.1, 0.15) is 0 Å². The van der Waals surface area contributed by atoms with Crippen molar-refractivity contribution >= 4 is 23.2 Å². The van der Waals surface area contributed by atoms with Crippen LogP contribution in [0.4, 0.5) is 5.69 Å². The standard InChI is InChI=1S/C16H24ClNO/c1-2-3-4-5-6-7-12-16(19)18-15-11-9-8-10-14(15)13-17/h8-11H,2-7,12-13H2,1H3,(H,18,19). The SMILES string of the molecule is CCCCCCCCC(=O)Nc1ccccc1CCl. The Balaban J connectivity index is 2.23. The van der Waals surface area contributed by atoms with E-state index in [4.69, 9.17) is 11.6 Å². The summed E-state index contributed by atoms with van der Waals surface area (Å²) in [4.78, 5) is 11.8. The van der Waals surface area contributed by atoms with Gasteiger partial charge in [-0.1, -0.05) is 57.2 Å². The first-order valence-electron chi connectivity index (χ1n) is 7.21. The van der Waals surface area contributed by atoms with Crippen molar-refractivity contribution in [3.8, 4) is 0 Å². The Bertz CT molecular complexity index is 379. The molecule has 1 amide bonds. The largest absolute Gasteiger partial charge is 0.326 e. The minimum Gasteiger partial charge on any atom is -0.326 e. The Morgan fingerprint density at radius 2 is 1.79 bits per heavy atom. The normalized spacial score (nSPS) is 10.4. The predicted molar refractivity (Wildman–Crippen MR) is 82.6 cm³/mol. The van der Waals surface area contributed by atoms with E-state index >= 15 is 0 Å². The maximum Gasteiger partial charge on any atom is 0.224 e. The zero-order valence-electron chi connectivity index (χ0n) is 11.8. The summed E-state index contributed by atoms with van der Waals surface area (Å²) in [7, 11) is 0. The summed E-state index contributed by atoms with van der Waals surface area (Å²) in [5, 5.41) is 2.94. The third kappa shape index (κ3) is 6.63. The fourth-order valence-electron chi connectivity index (χ4n) is 2.04. The summed E-state index contributed by atoms with van der Waals surface area (Å²) in [5.74, 6) is 0.515. The van der Waals surface area contributed by atoms with Crippen LogP contribution in [-0.4, -0.2) is 5.91 Å². The molecule has 0 saturated carbocycles. The molecule has 0 aliphatic carbocycles. The van der Waals surface area contributed by atoms with Crippen molar-refractivity contribution in [3.63, 3.8) is 0 Å². The summed E-state index contributed by atoms with van der Waals surface area (Å²) in [5.41, 5.74) is 1.81. The van der Waals surface area contributed by atoms with Gasteiger partial charge in [-0.15, -0.1) is 11.6 Å². The van der Waals surface area contributed by atoms with Crippen LogP contribution in [0.3, 0.4) is 0 Å². The fourth-order valence-corrected chi connectivity index (χ4v) is 2.27. The highest BCUT2D eigenvalue weighted by Crippen LogP contribution is 2.17. The van der Waals surface area contributed by atoms with Crippen LogP contribution in [0.1, 0.15) is 57.4 Å². The smallest absolute Gasteiger partial charge is 0.224 e. The van der Waals surface area contributed by atoms with Crippen molar-refractivity contribution in [2.24, 2.45) is 0 Å². The molecule has 0 aliphatic heterocycles. The second kappa shape index (κ2) is 9.85. The minimum atomic E-state index is 0.0908. The molecule has 0 fully saturated rings. The number of rotatable bonds is 9. The number of carbonyl (C=O) groups is 1. The van der Waals surface area contributed by atoms with Gasteiger partial charge in [-0.2, -0.15) is 0 Å². The molecule has 0 spiro atoms. The lowest BCUT2D eigenvalue weighted by Crippen LogP contribution is -2.12. The van der Waals surface area contributed by atoms with Crippen LogP contribution in [0.2, 0.25) is 0 Å². The van der Waals surface area contributed by atoms with E-state index < -0.39 is 0 Å². The van der Waals surface area contributed by atoms with Crippen LogP contribution in [-0.2, 0) is 10.7 Å². The molecule has 0 aliphatic rings. The molecular formula is C16H24ClNO. The van der Waals surface area contributed by atoms with Crippen LogP contribution in [0, 0.1) is 0 Å². The Hall–Kier alpha value is -1.02. The first-order valence-corrected chi connectivity index (χ1v) is 7.75. The molecule has 106 valence electrons. The highest BCUT2D eigenvalue weighted by Gasteiger charge is 2.05. The van der Waals surface area contributed by atoms with Crippen LogP contribution >= 0.6 is 11.6 Å². The zero-order chi connectivity index (χ0) is 13.9.